The molecule has 0 heterocycles. The Labute approximate surface area is 142 Å². The number of rotatable bonds is 5. The van der Waals surface area contributed by atoms with Crippen LogP contribution in [-0.2, 0) is 4.79 Å². The van der Waals surface area contributed by atoms with E-state index in [0.717, 1.165) is 38.5 Å². The number of carbonyl (C=O) groups excluding carboxylic acids is 2. The van der Waals surface area contributed by atoms with Crippen LogP contribution in [0.1, 0.15) is 48.9 Å². The smallest absolute Gasteiger partial charge is 0.251 e. The average Bonchev–Trinajstić information content (AvgIpc) is 3.45. The predicted octanol–water partition coefficient (Wildman–Crippen LogP) is 2.39. The highest BCUT2D eigenvalue weighted by Crippen LogP contribution is 2.33. The lowest BCUT2D eigenvalue weighted by Gasteiger charge is -2.31. The van der Waals surface area contributed by atoms with Crippen molar-refractivity contribution < 1.29 is 9.59 Å². The summed E-state index contributed by atoms with van der Waals surface area (Å²) in [4.78, 5) is 25.0. The van der Waals surface area contributed by atoms with E-state index in [2.05, 4.69) is 16.7 Å². The van der Waals surface area contributed by atoms with E-state index in [1.54, 1.807) is 12.1 Å². The lowest BCUT2D eigenvalue weighted by atomic mass is 9.83. The molecule has 126 valence electrons. The molecule has 3 unspecified atom stereocenters. The van der Waals surface area contributed by atoms with E-state index >= 15 is 0 Å². The van der Waals surface area contributed by atoms with Gasteiger partial charge in [0, 0.05) is 11.6 Å². The van der Waals surface area contributed by atoms with Crippen LogP contribution in [0.4, 0.5) is 0 Å². The van der Waals surface area contributed by atoms with Crippen LogP contribution >= 0.6 is 0 Å². The van der Waals surface area contributed by atoms with Gasteiger partial charge < -0.3 is 10.6 Å². The van der Waals surface area contributed by atoms with Gasteiger partial charge in [0.05, 0.1) is 12.0 Å². The molecule has 3 atom stereocenters. The summed E-state index contributed by atoms with van der Waals surface area (Å²) in [7, 11) is 0. The molecule has 1 aromatic carbocycles. The molecule has 5 nitrogen and oxygen atoms in total. The second-order valence-corrected chi connectivity index (χ2v) is 6.79. The van der Waals surface area contributed by atoms with Crippen LogP contribution in [0, 0.1) is 23.2 Å². The molecule has 0 bridgehead atoms. The molecule has 2 amide bonds. The van der Waals surface area contributed by atoms with E-state index in [1.807, 2.05) is 18.2 Å². The Hall–Kier alpha value is -2.35. The zero-order valence-corrected chi connectivity index (χ0v) is 13.7. The Morgan fingerprint density at radius 1 is 1.08 bits per heavy atom. The van der Waals surface area contributed by atoms with Gasteiger partial charge in [0.1, 0.15) is 6.04 Å². The van der Waals surface area contributed by atoms with Gasteiger partial charge in [-0.15, -0.1) is 0 Å². The fraction of sp³-hybridized carbons (Fsp3) is 0.526. The summed E-state index contributed by atoms with van der Waals surface area (Å²) in [5.41, 5.74) is 0.607. The van der Waals surface area contributed by atoms with Gasteiger partial charge in [0.15, 0.2) is 0 Å². The van der Waals surface area contributed by atoms with E-state index in [-0.39, 0.29) is 29.8 Å². The molecule has 0 saturated heterocycles. The zero-order valence-electron chi connectivity index (χ0n) is 13.7. The number of hydrogen-bond donors (Lipinski definition) is 2. The third-order valence-corrected chi connectivity index (χ3v) is 4.99. The Kier molecular flexibility index (Phi) is 5.14. The number of nitriles is 1. The summed E-state index contributed by atoms with van der Waals surface area (Å²) in [6.07, 6.45) is 5.57. The number of carbonyl (C=O) groups is 2. The van der Waals surface area contributed by atoms with Crippen molar-refractivity contribution in [2.45, 2.75) is 50.6 Å². The van der Waals surface area contributed by atoms with Crippen LogP contribution in [0.5, 0.6) is 0 Å². The van der Waals surface area contributed by atoms with Gasteiger partial charge in [0.25, 0.3) is 5.91 Å². The van der Waals surface area contributed by atoms with Crippen molar-refractivity contribution in [3.05, 3.63) is 35.9 Å². The lowest BCUT2D eigenvalue weighted by Crippen LogP contribution is -2.50. The van der Waals surface area contributed by atoms with Crippen LogP contribution in [0.15, 0.2) is 30.3 Å². The minimum absolute atomic E-state index is 0.0912. The van der Waals surface area contributed by atoms with E-state index in [1.165, 1.54) is 0 Å². The largest absolute Gasteiger partial charge is 0.349 e. The fourth-order valence-corrected chi connectivity index (χ4v) is 3.40. The van der Waals surface area contributed by atoms with Crippen LogP contribution in [0.2, 0.25) is 0 Å². The Morgan fingerprint density at radius 3 is 2.46 bits per heavy atom. The zero-order chi connectivity index (χ0) is 16.9. The lowest BCUT2D eigenvalue weighted by molar-refractivity contribution is -0.127. The van der Waals surface area contributed by atoms with Crippen molar-refractivity contribution in [2.24, 2.45) is 11.8 Å². The summed E-state index contributed by atoms with van der Waals surface area (Å²) < 4.78 is 0. The van der Waals surface area contributed by atoms with Gasteiger partial charge in [0.2, 0.25) is 5.91 Å². The first-order chi connectivity index (χ1) is 11.7. The Morgan fingerprint density at radius 2 is 1.79 bits per heavy atom. The number of hydrogen-bond acceptors (Lipinski definition) is 3. The number of amides is 2. The van der Waals surface area contributed by atoms with Crippen molar-refractivity contribution in [3.8, 4) is 6.07 Å². The highest BCUT2D eigenvalue weighted by molar-refractivity contribution is 5.94. The highest BCUT2D eigenvalue weighted by atomic mass is 16.2. The van der Waals surface area contributed by atoms with Crippen molar-refractivity contribution >= 4 is 11.8 Å². The van der Waals surface area contributed by atoms with Crippen molar-refractivity contribution in [1.82, 2.24) is 10.6 Å². The SMILES string of the molecule is N#CC(NC(=O)C1CCCCC1NC(=O)c1ccccc1)C1CC1. The Bertz CT molecular complexity index is 634. The fourth-order valence-electron chi connectivity index (χ4n) is 3.40. The molecule has 0 spiro atoms. The van der Waals surface area contributed by atoms with Crippen molar-refractivity contribution in [3.63, 3.8) is 0 Å². The Balaban J connectivity index is 1.63. The number of nitrogens with one attached hydrogen (secondary N) is 2. The minimum Gasteiger partial charge on any atom is -0.349 e. The molecular formula is C19H23N3O2. The maximum Gasteiger partial charge on any atom is 0.251 e. The van der Waals surface area contributed by atoms with Gasteiger partial charge in [-0.3, -0.25) is 9.59 Å². The van der Waals surface area contributed by atoms with E-state index < -0.39 is 0 Å². The maximum atomic E-state index is 12.6. The number of nitrogens with zero attached hydrogens (tertiary/aromatic N) is 1. The van der Waals surface area contributed by atoms with E-state index in [9.17, 15) is 14.9 Å². The van der Waals surface area contributed by atoms with Gasteiger partial charge in [-0.2, -0.15) is 5.26 Å². The molecule has 2 fully saturated rings. The molecule has 2 N–H and O–H groups in total. The first kappa shape index (κ1) is 16.5. The average molecular weight is 325 g/mol. The molecule has 0 radical (unpaired) electrons. The highest BCUT2D eigenvalue weighted by Gasteiger charge is 2.37. The molecule has 2 saturated carbocycles. The second kappa shape index (κ2) is 7.48. The van der Waals surface area contributed by atoms with Crippen LogP contribution in [0.25, 0.3) is 0 Å². The van der Waals surface area contributed by atoms with Crippen LogP contribution < -0.4 is 10.6 Å². The molecule has 24 heavy (non-hydrogen) atoms. The molecule has 0 aliphatic heterocycles. The molecule has 3 rings (SSSR count). The monoisotopic (exact) mass is 325 g/mol. The molecule has 5 heteroatoms. The van der Waals surface area contributed by atoms with Gasteiger partial charge in [-0.25, -0.2) is 0 Å². The van der Waals surface area contributed by atoms with E-state index in [4.69, 9.17) is 0 Å². The molecule has 0 aromatic heterocycles. The summed E-state index contributed by atoms with van der Waals surface area (Å²) in [6, 6.07) is 10.7. The standard InChI is InChI=1S/C19H23N3O2/c20-12-17(13-10-11-13)22-19(24)15-8-4-5-9-16(15)21-18(23)14-6-2-1-3-7-14/h1-3,6-7,13,15-17H,4-5,8-11H2,(H,21,23)(H,22,24). The quantitative estimate of drug-likeness (QED) is 0.872. The minimum atomic E-state index is -0.384. The van der Waals surface area contributed by atoms with E-state index in [0.29, 0.717) is 11.5 Å². The molecule has 2 aliphatic rings. The summed E-state index contributed by atoms with van der Waals surface area (Å²) in [6.45, 7) is 0. The second-order valence-electron chi connectivity index (χ2n) is 6.79. The predicted molar refractivity (Wildman–Crippen MR) is 89.9 cm³/mol. The maximum absolute atomic E-state index is 12.6. The normalized spacial score (nSPS) is 24.5. The first-order valence-corrected chi connectivity index (χ1v) is 8.75. The van der Waals surface area contributed by atoms with Crippen molar-refractivity contribution in [1.29, 1.82) is 5.26 Å². The number of benzene rings is 1. The summed E-state index contributed by atoms with van der Waals surface area (Å²) in [5, 5.41) is 15.1. The third kappa shape index (κ3) is 3.94. The van der Waals surface area contributed by atoms with Crippen molar-refractivity contribution in [2.75, 3.05) is 0 Å². The van der Waals surface area contributed by atoms with Gasteiger partial charge >= 0.3 is 0 Å². The summed E-state index contributed by atoms with van der Waals surface area (Å²) >= 11 is 0. The van der Waals surface area contributed by atoms with Gasteiger partial charge in [-0.1, -0.05) is 31.0 Å². The summed E-state index contributed by atoms with van der Waals surface area (Å²) in [5.74, 6) is -0.174. The van der Waals surface area contributed by atoms with Gasteiger partial charge in [-0.05, 0) is 43.7 Å². The van der Waals surface area contributed by atoms with Crippen LogP contribution in [-0.4, -0.2) is 23.9 Å². The molecule has 2 aliphatic carbocycles. The topological polar surface area (TPSA) is 82.0 Å². The molecular weight excluding hydrogens is 302 g/mol. The molecule has 1 aromatic rings. The van der Waals surface area contributed by atoms with Crippen LogP contribution in [0.3, 0.4) is 0 Å². The third-order valence-electron chi connectivity index (χ3n) is 4.99. The first-order valence-electron chi connectivity index (χ1n) is 8.75.